The van der Waals surface area contributed by atoms with E-state index in [9.17, 15) is 4.79 Å². The van der Waals surface area contributed by atoms with Crippen molar-refractivity contribution in [2.75, 3.05) is 19.5 Å². The minimum Gasteiger partial charge on any atom is -0.495 e. The number of benzene rings is 2. The van der Waals surface area contributed by atoms with Gasteiger partial charge in [0.2, 0.25) is 5.89 Å². The number of rotatable bonds is 8. The Morgan fingerprint density at radius 2 is 1.96 bits per heavy atom. The predicted octanol–water partition coefficient (Wildman–Crippen LogP) is 4.77. The van der Waals surface area contributed by atoms with Crippen molar-refractivity contribution in [1.29, 1.82) is 0 Å². The Morgan fingerprint density at radius 3 is 2.63 bits per heavy atom. The molecule has 1 heterocycles. The third-order valence-corrected chi connectivity index (χ3v) is 4.73. The molecular formula is C19H17ClN2O4S. The number of ketones is 1. The second-order valence-corrected chi connectivity index (χ2v) is 6.73. The Balaban J connectivity index is 1.62. The standard InChI is InChI=1S/C19H17ClN2O4S/c1-3-25-14-7-4-12(5-8-14)18-21-22-19(26-18)27-11-16(23)13-6-9-17(24-2)15(20)10-13/h4-10H,3,11H2,1-2H3. The first-order valence-electron chi connectivity index (χ1n) is 8.17. The molecule has 0 radical (unpaired) electrons. The van der Waals surface area contributed by atoms with Crippen molar-refractivity contribution in [2.45, 2.75) is 12.1 Å². The summed E-state index contributed by atoms with van der Waals surface area (Å²) in [4.78, 5) is 12.3. The molecule has 140 valence electrons. The Hall–Kier alpha value is -2.51. The van der Waals surface area contributed by atoms with Crippen LogP contribution in [0.5, 0.6) is 11.5 Å². The Labute approximate surface area is 165 Å². The van der Waals surface area contributed by atoms with Crippen LogP contribution in [-0.2, 0) is 0 Å². The van der Waals surface area contributed by atoms with E-state index in [2.05, 4.69) is 10.2 Å². The maximum atomic E-state index is 12.3. The van der Waals surface area contributed by atoms with Gasteiger partial charge >= 0.3 is 0 Å². The van der Waals surface area contributed by atoms with Crippen LogP contribution in [0.3, 0.4) is 0 Å². The molecule has 0 spiro atoms. The zero-order valence-corrected chi connectivity index (χ0v) is 16.3. The first-order chi connectivity index (χ1) is 13.1. The summed E-state index contributed by atoms with van der Waals surface area (Å²) in [5, 5.41) is 8.72. The largest absolute Gasteiger partial charge is 0.495 e. The lowest BCUT2D eigenvalue weighted by Gasteiger charge is -2.04. The summed E-state index contributed by atoms with van der Waals surface area (Å²) in [5.41, 5.74) is 1.28. The lowest BCUT2D eigenvalue weighted by Crippen LogP contribution is -2.02. The molecule has 27 heavy (non-hydrogen) atoms. The van der Waals surface area contributed by atoms with Gasteiger partial charge in [-0.25, -0.2) is 0 Å². The number of hydrogen-bond acceptors (Lipinski definition) is 7. The zero-order chi connectivity index (χ0) is 19.2. The maximum Gasteiger partial charge on any atom is 0.277 e. The number of nitrogens with zero attached hydrogens (tertiary/aromatic N) is 2. The van der Waals surface area contributed by atoms with Crippen LogP contribution in [0, 0.1) is 0 Å². The van der Waals surface area contributed by atoms with Gasteiger partial charge in [-0.3, -0.25) is 4.79 Å². The first-order valence-corrected chi connectivity index (χ1v) is 9.53. The highest BCUT2D eigenvalue weighted by molar-refractivity contribution is 7.99. The van der Waals surface area contributed by atoms with E-state index in [0.717, 1.165) is 11.3 Å². The monoisotopic (exact) mass is 404 g/mol. The van der Waals surface area contributed by atoms with Gasteiger partial charge in [0.25, 0.3) is 5.22 Å². The van der Waals surface area contributed by atoms with Gasteiger partial charge in [0.05, 0.1) is 24.5 Å². The summed E-state index contributed by atoms with van der Waals surface area (Å²) in [6.45, 7) is 2.53. The normalized spacial score (nSPS) is 10.6. The van der Waals surface area contributed by atoms with E-state index in [0.29, 0.717) is 34.1 Å². The quantitative estimate of drug-likeness (QED) is 0.395. The number of carbonyl (C=O) groups is 1. The fraction of sp³-hybridized carbons (Fsp3) is 0.211. The lowest BCUT2D eigenvalue weighted by atomic mass is 10.1. The number of ether oxygens (including phenoxy) is 2. The highest BCUT2D eigenvalue weighted by Crippen LogP contribution is 2.28. The van der Waals surface area contributed by atoms with E-state index >= 15 is 0 Å². The summed E-state index contributed by atoms with van der Waals surface area (Å²) >= 11 is 7.24. The van der Waals surface area contributed by atoms with Gasteiger partial charge in [0.1, 0.15) is 11.5 Å². The van der Waals surface area contributed by atoms with E-state index in [1.165, 1.54) is 18.9 Å². The average Bonchev–Trinajstić information content (AvgIpc) is 3.16. The molecule has 0 N–H and O–H groups in total. The molecular weight excluding hydrogens is 388 g/mol. The van der Waals surface area contributed by atoms with E-state index in [-0.39, 0.29) is 11.5 Å². The third-order valence-electron chi connectivity index (χ3n) is 3.62. The molecule has 3 aromatic rings. The molecule has 0 aliphatic heterocycles. The third kappa shape index (κ3) is 4.81. The molecule has 0 bridgehead atoms. The van der Waals surface area contributed by atoms with Crippen LogP contribution in [0.15, 0.2) is 52.1 Å². The smallest absolute Gasteiger partial charge is 0.277 e. The van der Waals surface area contributed by atoms with Gasteiger partial charge in [-0.2, -0.15) is 0 Å². The summed E-state index contributed by atoms with van der Waals surface area (Å²) in [6.07, 6.45) is 0. The highest BCUT2D eigenvalue weighted by Gasteiger charge is 2.14. The molecule has 1 aromatic heterocycles. The number of Topliss-reactive ketones (excluding diaryl/α,β-unsaturated/α-hetero) is 1. The van der Waals surface area contributed by atoms with Crippen LogP contribution < -0.4 is 9.47 Å². The lowest BCUT2D eigenvalue weighted by molar-refractivity contribution is 0.102. The Morgan fingerprint density at radius 1 is 1.19 bits per heavy atom. The minimum atomic E-state index is -0.0922. The van der Waals surface area contributed by atoms with E-state index in [4.69, 9.17) is 25.5 Å². The van der Waals surface area contributed by atoms with E-state index < -0.39 is 0 Å². The van der Waals surface area contributed by atoms with Crippen molar-refractivity contribution in [1.82, 2.24) is 10.2 Å². The number of halogens is 1. The molecule has 6 nitrogen and oxygen atoms in total. The van der Waals surface area contributed by atoms with E-state index in [1.54, 1.807) is 18.2 Å². The molecule has 0 saturated heterocycles. The fourth-order valence-corrected chi connectivity index (χ4v) is 3.21. The van der Waals surface area contributed by atoms with Crippen molar-refractivity contribution in [3.8, 4) is 23.0 Å². The second-order valence-electron chi connectivity index (χ2n) is 5.39. The van der Waals surface area contributed by atoms with Crippen molar-refractivity contribution >= 4 is 29.1 Å². The van der Waals surface area contributed by atoms with Crippen LogP contribution in [0.25, 0.3) is 11.5 Å². The fourth-order valence-electron chi connectivity index (χ4n) is 2.30. The molecule has 0 aliphatic rings. The van der Waals surface area contributed by atoms with Crippen molar-refractivity contribution < 1.29 is 18.7 Å². The Kier molecular flexibility index (Phi) is 6.36. The predicted molar refractivity (Wildman–Crippen MR) is 104 cm³/mol. The topological polar surface area (TPSA) is 74.5 Å². The molecule has 2 aromatic carbocycles. The van der Waals surface area contributed by atoms with Gasteiger partial charge in [0.15, 0.2) is 5.78 Å². The van der Waals surface area contributed by atoms with Gasteiger partial charge in [-0.05, 0) is 49.4 Å². The number of carbonyl (C=O) groups excluding carboxylic acids is 1. The maximum absolute atomic E-state index is 12.3. The van der Waals surface area contributed by atoms with Crippen molar-refractivity contribution in [3.63, 3.8) is 0 Å². The van der Waals surface area contributed by atoms with Crippen LogP contribution in [0.4, 0.5) is 0 Å². The average molecular weight is 405 g/mol. The Bertz CT molecular complexity index is 928. The summed E-state index contributed by atoms with van der Waals surface area (Å²) in [7, 11) is 1.52. The molecule has 8 heteroatoms. The first kappa shape index (κ1) is 19.3. The molecule has 0 amide bonds. The van der Waals surface area contributed by atoms with E-state index in [1.807, 2.05) is 31.2 Å². The molecule has 0 saturated carbocycles. The van der Waals surface area contributed by atoms with Gasteiger partial charge in [0, 0.05) is 11.1 Å². The molecule has 0 aliphatic carbocycles. The number of thioether (sulfide) groups is 1. The number of hydrogen-bond donors (Lipinski definition) is 0. The SMILES string of the molecule is CCOc1ccc(-c2nnc(SCC(=O)c3ccc(OC)c(Cl)c3)o2)cc1. The van der Waals surface area contributed by atoms with Gasteiger partial charge in [-0.15, -0.1) is 10.2 Å². The summed E-state index contributed by atoms with van der Waals surface area (Å²) in [5.74, 6) is 1.76. The molecule has 0 atom stereocenters. The van der Waals surface area contributed by atoms with Crippen molar-refractivity contribution in [3.05, 3.63) is 53.1 Å². The second kappa shape index (κ2) is 8.92. The van der Waals surface area contributed by atoms with Crippen molar-refractivity contribution in [2.24, 2.45) is 0 Å². The van der Waals surface area contributed by atoms with Crippen LogP contribution in [0.1, 0.15) is 17.3 Å². The van der Waals surface area contributed by atoms with Crippen LogP contribution >= 0.6 is 23.4 Å². The zero-order valence-electron chi connectivity index (χ0n) is 14.8. The van der Waals surface area contributed by atoms with Crippen LogP contribution in [0.2, 0.25) is 5.02 Å². The van der Waals surface area contributed by atoms with Crippen LogP contribution in [-0.4, -0.2) is 35.5 Å². The minimum absolute atomic E-state index is 0.0922. The molecule has 3 rings (SSSR count). The van der Waals surface area contributed by atoms with Gasteiger partial charge in [-0.1, -0.05) is 23.4 Å². The molecule has 0 unspecified atom stereocenters. The summed E-state index contributed by atoms with van der Waals surface area (Å²) < 4.78 is 16.1. The highest BCUT2D eigenvalue weighted by atomic mass is 35.5. The van der Waals surface area contributed by atoms with Gasteiger partial charge < -0.3 is 13.9 Å². The molecule has 0 fully saturated rings. The summed E-state index contributed by atoms with van der Waals surface area (Å²) in [6, 6.07) is 12.3. The number of aromatic nitrogens is 2. The number of methoxy groups -OCH3 is 1.